The zero-order valence-electron chi connectivity index (χ0n) is 16.9. The van der Waals surface area contributed by atoms with E-state index in [0.29, 0.717) is 0 Å². The number of Topliss-reactive ketones (excluding diaryl/α,β-unsaturated/α-hetero) is 4. The fraction of sp³-hybridized carbons (Fsp3) is 0.737. The summed E-state index contributed by atoms with van der Waals surface area (Å²) in [5, 5.41) is 3.25. The first kappa shape index (κ1) is 25.5. The van der Waals surface area contributed by atoms with E-state index in [9.17, 15) is 24.0 Å². The van der Waals surface area contributed by atoms with Crippen molar-refractivity contribution in [1.82, 2.24) is 0 Å². The largest absolute Gasteiger partial charge is 0.460 e. The van der Waals surface area contributed by atoms with Crippen molar-refractivity contribution >= 4 is 29.1 Å². The van der Waals surface area contributed by atoms with E-state index in [1.54, 1.807) is 20.8 Å². The summed E-state index contributed by atoms with van der Waals surface area (Å²) in [7, 11) is 0. The van der Waals surface area contributed by atoms with Crippen LogP contribution < -0.4 is 0 Å². The lowest BCUT2D eigenvalue weighted by molar-refractivity contribution is -0.155. The first-order chi connectivity index (χ1) is 13.0. The standard InChI is InChI=1S/C19H29N3O6/c1-19(2,3)28-18(27)11-10-16(25)7-6-14(23)4-5-15(24)8-9-17(26)12-13-21-22-20/h4-13H2,1-3H3. The zero-order chi connectivity index (χ0) is 21.6. The minimum Gasteiger partial charge on any atom is -0.460 e. The van der Waals surface area contributed by atoms with Gasteiger partial charge in [0, 0.05) is 62.8 Å². The third kappa shape index (κ3) is 15.7. The maximum Gasteiger partial charge on any atom is 0.306 e. The molecule has 0 aromatic heterocycles. The van der Waals surface area contributed by atoms with E-state index in [0.717, 1.165) is 0 Å². The van der Waals surface area contributed by atoms with Gasteiger partial charge in [-0.1, -0.05) is 5.11 Å². The molecule has 0 rings (SSSR count). The number of ketones is 4. The monoisotopic (exact) mass is 395 g/mol. The summed E-state index contributed by atoms with van der Waals surface area (Å²) in [4.78, 5) is 60.8. The molecule has 0 heterocycles. The highest BCUT2D eigenvalue weighted by Crippen LogP contribution is 2.11. The summed E-state index contributed by atoms with van der Waals surface area (Å²) in [6, 6.07) is 0. The van der Waals surface area contributed by atoms with E-state index in [2.05, 4.69) is 10.0 Å². The summed E-state index contributed by atoms with van der Waals surface area (Å²) in [6.45, 7) is 5.30. The molecule has 0 unspecified atom stereocenters. The van der Waals surface area contributed by atoms with E-state index in [1.807, 2.05) is 0 Å². The van der Waals surface area contributed by atoms with Gasteiger partial charge in [-0.2, -0.15) is 0 Å². The SMILES string of the molecule is CC(C)(C)OC(=O)CCC(=O)CCC(=O)CCC(=O)CCC(=O)CCN=[N+]=[N-]. The van der Waals surface area contributed by atoms with Crippen LogP contribution >= 0.6 is 0 Å². The number of hydrogen-bond donors (Lipinski definition) is 0. The van der Waals surface area contributed by atoms with E-state index in [-0.39, 0.29) is 87.5 Å². The van der Waals surface area contributed by atoms with Crippen molar-refractivity contribution < 1.29 is 28.7 Å². The molecule has 9 heteroatoms. The van der Waals surface area contributed by atoms with E-state index in [4.69, 9.17) is 10.3 Å². The molecule has 0 spiro atoms. The van der Waals surface area contributed by atoms with Gasteiger partial charge in [-0.25, -0.2) is 0 Å². The minimum absolute atomic E-state index is 0.0174. The maximum absolute atomic E-state index is 11.8. The molecule has 0 aliphatic heterocycles. The Morgan fingerprint density at radius 1 is 0.714 bits per heavy atom. The number of carbonyl (C=O) groups excluding carboxylic acids is 5. The molecule has 0 radical (unpaired) electrons. The molecule has 0 aliphatic carbocycles. The second-order valence-corrected chi connectivity index (χ2v) is 7.45. The quantitative estimate of drug-likeness (QED) is 0.180. The average molecular weight is 395 g/mol. The predicted octanol–water partition coefficient (Wildman–Crippen LogP) is 3.43. The minimum atomic E-state index is -0.599. The van der Waals surface area contributed by atoms with Crippen molar-refractivity contribution in [3.63, 3.8) is 0 Å². The van der Waals surface area contributed by atoms with Crippen molar-refractivity contribution in [3.8, 4) is 0 Å². The van der Waals surface area contributed by atoms with Crippen LogP contribution in [0.25, 0.3) is 10.4 Å². The van der Waals surface area contributed by atoms with Gasteiger partial charge >= 0.3 is 5.97 Å². The molecule has 0 N–H and O–H groups in total. The van der Waals surface area contributed by atoms with Crippen LogP contribution in [0.3, 0.4) is 0 Å². The first-order valence-electron chi connectivity index (χ1n) is 9.33. The topological polar surface area (TPSA) is 143 Å². The van der Waals surface area contributed by atoms with Gasteiger partial charge in [-0.3, -0.25) is 24.0 Å². The van der Waals surface area contributed by atoms with Gasteiger partial charge in [-0.05, 0) is 26.3 Å². The molecule has 0 fully saturated rings. The lowest BCUT2D eigenvalue weighted by Crippen LogP contribution is -2.24. The normalized spacial score (nSPS) is 10.7. The highest BCUT2D eigenvalue weighted by atomic mass is 16.6. The second kappa shape index (κ2) is 13.6. The molecule has 0 aromatic carbocycles. The number of ether oxygens (including phenoxy) is 1. The Hall–Kier alpha value is -2.54. The highest BCUT2D eigenvalue weighted by molar-refractivity contribution is 5.91. The first-order valence-corrected chi connectivity index (χ1v) is 9.33. The van der Waals surface area contributed by atoms with E-state index in [1.165, 1.54) is 0 Å². The van der Waals surface area contributed by atoms with Gasteiger partial charge in [0.25, 0.3) is 0 Å². The van der Waals surface area contributed by atoms with Gasteiger partial charge in [0.1, 0.15) is 28.7 Å². The molecule has 0 saturated carbocycles. The van der Waals surface area contributed by atoms with Gasteiger partial charge in [-0.15, -0.1) is 0 Å². The number of esters is 1. The van der Waals surface area contributed by atoms with Crippen molar-refractivity contribution in [1.29, 1.82) is 0 Å². The molecule has 0 atom stereocenters. The van der Waals surface area contributed by atoms with Crippen LogP contribution in [0.15, 0.2) is 5.11 Å². The van der Waals surface area contributed by atoms with Crippen LogP contribution in [0.2, 0.25) is 0 Å². The van der Waals surface area contributed by atoms with Gasteiger partial charge < -0.3 is 4.74 Å². The van der Waals surface area contributed by atoms with Crippen LogP contribution in [-0.4, -0.2) is 41.2 Å². The van der Waals surface area contributed by atoms with Gasteiger partial charge in [0.2, 0.25) is 0 Å². The molecule has 0 aromatic rings. The average Bonchev–Trinajstić information content (AvgIpc) is 2.60. The second-order valence-electron chi connectivity index (χ2n) is 7.45. The summed E-state index contributed by atoms with van der Waals surface area (Å²) in [6.07, 6.45) is 0.366. The number of hydrogen-bond acceptors (Lipinski definition) is 7. The van der Waals surface area contributed by atoms with Crippen molar-refractivity contribution in [2.24, 2.45) is 5.11 Å². The molecule has 0 saturated heterocycles. The Morgan fingerprint density at radius 2 is 1.07 bits per heavy atom. The fourth-order valence-corrected chi connectivity index (χ4v) is 2.19. The number of azide groups is 1. The van der Waals surface area contributed by atoms with Crippen molar-refractivity contribution in [2.45, 2.75) is 84.2 Å². The van der Waals surface area contributed by atoms with Crippen LogP contribution in [-0.2, 0) is 28.7 Å². The zero-order valence-corrected chi connectivity index (χ0v) is 16.9. The van der Waals surface area contributed by atoms with Crippen LogP contribution in [0, 0.1) is 0 Å². The molecule has 0 aliphatic rings. The van der Waals surface area contributed by atoms with Gasteiger partial charge in [0.15, 0.2) is 0 Å². The third-order valence-corrected chi connectivity index (χ3v) is 3.63. The Kier molecular flexibility index (Phi) is 12.4. The summed E-state index contributed by atoms with van der Waals surface area (Å²) >= 11 is 0. The smallest absolute Gasteiger partial charge is 0.306 e. The van der Waals surface area contributed by atoms with Crippen LogP contribution in [0.1, 0.15) is 78.6 Å². The Morgan fingerprint density at radius 3 is 1.43 bits per heavy atom. The number of nitrogens with zero attached hydrogens (tertiary/aromatic N) is 3. The molecular weight excluding hydrogens is 366 g/mol. The highest BCUT2D eigenvalue weighted by Gasteiger charge is 2.17. The predicted molar refractivity (Wildman–Crippen MR) is 101 cm³/mol. The van der Waals surface area contributed by atoms with Crippen LogP contribution in [0.4, 0.5) is 0 Å². The number of rotatable bonds is 15. The lowest BCUT2D eigenvalue weighted by atomic mass is 10.0. The van der Waals surface area contributed by atoms with Crippen LogP contribution in [0.5, 0.6) is 0 Å². The molecule has 9 nitrogen and oxygen atoms in total. The number of carbonyl (C=O) groups is 5. The van der Waals surface area contributed by atoms with E-state index >= 15 is 0 Å². The summed E-state index contributed by atoms with van der Waals surface area (Å²) < 4.78 is 5.11. The Balaban J connectivity index is 3.89. The summed E-state index contributed by atoms with van der Waals surface area (Å²) in [5.74, 6) is -1.21. The summed E-state index contributed by atoms with van der Waals surface area (Å²) in [5.41, 5.74) is 7.51. The fourth-order valence-electron chi connectivity index (χ4n) is 2.19. The molecule has 28 heavy (non-hydrogen) atoms. The molecule has 156 valence electrons. The third-order valence-electron chi connectivity index (χ3n) is 3.63. The van der Waals surface area contributed by atoms with E-state index < -0.39 is 11.6 Å². The van der Waals surface area contributed by atoms with Gasteiger partial charge in [0.05, 0.1) is 6.42 Å². The molecule has 0 amide bonds. The molecular formula is C19H29N3O6. The van der Waals surface area contributed by atoms with Crippen molar-refractivity contribution in [3.05, 3.63) is 10.4 Å². The van der Waals surface area contributed by atoms with Crippen molar-refractivity contribution in [2.75, 3.05) is 6.54 Å². The maximum atomic E-state index is 11.8. The lowest BCUT2D eigenvalue weighted by Gasteiger charge is -2.19. The Labute approximate surface area is 164 Å². The Bertz CT molecular complexity index is 630. The molecule has 0 bridgehead atoms.